The van der Waals surface area contributed by atoms with E-state index in [0.29, 0.717) is 17.4 Å². The minimum atomic E-state index is -3.70. The van der Waals surface area contributed by atoms with Crippen LogP contribution in [-0.2, 0) is 14.8 Å². The third kappa shape index (κ3) is 3.36. The van der Waals surface area contributed by atoms with Crippen LogP contribution in [0.5, 0.6) is 0 Å². The maximum absolute atomic E-state index is 12.6. The molecule has 0 bridgehead atoms. The zero-order valence-electron chi connectivity index (χ0n) is 10.7. The highest BCUT2D eigenvalue weighted by Crippen LogP contribution is 2.27. The second-order valence-electron chi connectivity index (χ2n) is 4.70. The molecule has 1 saturated heterocycles. The van der Waals surface area contributed by atoms with Crippen molar-refractivity contribution in [3.63, 3.8) is 0 Å². The lowest BCUT2D eigenvalue weighted by Crippen LogP contribution is -2.44. The van der Waals surface area contributed by atoms with E-state index < -0.39 is 22.0 Å². The van der Waals surface area contributed by atoms with E-state index in [1.54, 1.807) is 0 Å². The quantitative estimate of drug-likeness (QED) is 0.882. The van der Waals surface area contributed by atoms with Gasteiger partial charge in [-0.15, -0.1) is 0 Å². The summed E-state index contributed by atoms with van der Waals surface area (Å²) < 4.78 is 27.1. The molecular weight excluding hydrogens is 348 g/mol. The smallest absolute Gasteiger partial charge is 0.304 e. The summed E-state index contributed by atoms with van der Waals surface area (Å²) >= 11 is 3.19. The lowest BCUT2D eigenvalue weighted by Gasteiger charge is -2.33. The highest BCUT2D eigenvalue weighted by molar-refractivity contribution is 9.10. The summed E-state index contributed by atoms with van der Waals surface area (Å²) in [5, 5.41) is 8.92. The molecule has 2 rings (SSSR count). The van der Waals surface area contributed by atoms with Gasteiger partial charge in [-0.05, 0) is 34.8 Å². The van der Waals surface area contributed by atoms with Gasteiger partial charge in [0.15, 0.2) is 0 Å². The fourth-order valence-electron chi connectivity index (χ4n) is 2.36. The summed E-state index contributed by atoms with van der Waals surface area (Å²) in [6.07, 6.45) is 4.79. The number of aromatic nitrogens is 1. The Bertz CT molecular complexity index is 605. The lowest BCUT2D eigenvalue weighted by atomic mass is 10.0. The number of sulfonamides is 1. The van der Waals surface area contributed by atoms with Gasteiger partial charge in [-0.2, -0.15) is 4.31 Å². The van der Waals surface area contributed by atoms with Crippen LogP contribution >= 0.6 is 15.9 Å². The molecular formula is C12H15BrN2O4S. The molecule has 0 spiro atoms. The first-order valence-electron chi connectivity index (χ1n) is 6.25. The Morgan fingerprint density at radius 2 is 2.20 bits per heavy atom. The third-order valence-electron chi connectivity index (χ3n) is 3.27. The van der Waals surface area contributed by atoms with Crippen LogP contribution < -0.4 is 0 Å². The van der Waals surface area contributed by atoms with Gasteiger partial charge in [0, 0.05) is 29.5 Å². The normalized spacial score (nSPS) is 20.8. The Kier molecular flexibility index (Phi) is 4.77. The van der Waals surface area contributed by atoms with Gasteiger partial charge < -0.3 is 5.11 Å². The topological polar surface area (TPSA) is 87.6 Å². The number of aliphatic carboxylic acids is 1. The number of pyridine rings is 1. The molecule has 110 valence electrons. The predicted octanol–water partition coefficient (Wildman–Crippen LogP) is 1.86. The van der Waals surface area contributed by atoms with Crippen molar-refractivity contribution in [3.8, 4) is 0 Å². The van der Waals surface area contributed by atoms with E-state index in [1.807, 2.05) is 0 Å². The molecule has 2 heterocycles. The summed E-state index contributed by atoms with van der Waals surface area (Å²) in [7, 11) is -3.70. The Hall–Kier alpha value is -0.990. The SMILES string of the molecule is O=C(O)CC1CCCCN1S(=O)(=O)c1cncc(Br)c1. The Morgan fingerprint density at radius 1 is 1.45 bits per heavy atom. The number of carboxylic acids is 1. The van der Waals surface area contributed by atoms with Crippen LogP contribution in [0.3, 0.4) is 0 Å². The fourth-order valence-corrected chi connectivity index (χ4v) is 4.56. The number of rotatable bonds is 4. The van der Waals surface area contributed by atoms with Crippen LogP contribution in [-0.4, -0.2) is 41.4 Å². The van der Waals surface area contributed by atoms with Crippen LogP contribution in [0.4, 0.5) is 0 Å². The van der Waals surface area contributed by atoms with E-state index in [1.165, 1.54) is 22.8 Å². The molecule has 0 saturated carbocycles. The van der Waals surface area contributed by atoms with E-state index in [4.69, 9.17) is 5.11 Å². The molecule has 0 amide bonds. The zero-order valence-corrected chi connectivity index (χ0v) is 13.1. The van der Waals surface area contributed by atoms with Crippen molar-refractivity contribution >= 4 is 31.9 Å². The Labute approximate surface area is 126 Å². The van der Waals surface area contributed by atoms with Crippen molar-refractivity contribution < 1.29 is 18.3 Å². The van der Waals surface area contributed by atoms with Gasteiger partial charge in [0.05, 0.1) is 6.42 Å². The van der Waals surface area contributed by atoms with E-state index >= 15 is 0 Å². The number of carboxylic acid groups (broad SMARTS) is 1. The minimum Gasteiger partial charge on any atom is -0.481 e. The van der Waals surface area contributed by atoms with Gasteiger partial charge in [0.2, 0.25) is 10.0 Å². The van der Waals surface area contributed by atoms with Crippen LogP contribution in [0, 0.1) is 0 Å². The second-order valence-corrected chi connectivity index (χ2v) is 7.51. The van der Waals surface area contributed by atoms with E-state index in [-0.39, 0.29) is 11.3 Å². The van der Waals surface area contributed by atoms with Gasteiger partial charge in [0.1, 0.15) is 4.90 Å². The number of nitrogens with zero attached hydrogens (tertiary/aromatic N) is 2. The maximum Gasteiger partial charge on any atom is 0.304 e. The number of hydrogen-bond donors (Lipinski definition) is 1. The Morgan fingerprint density at radius 3 is 2.85 bits per heavy atom. The molecule has 0 aromatic carbocycles. The summed E-state index contributed by atoms with van der Waals surface area (Å²) in [5.74, 6) is -0.982. The van der Waals surface area contributed by atoms with E-state index in [0.717, 1.165) is 12.8 Å². The molecule has 1 unspecified atom stereocenters. The molecule has 20 heavy (non-hydrogen) atoms. The molecule has 1 N–H and O–H groups in total. The van der Waals surface area contributed by atoms with Gasteiger partial charge in [-0.25, -0.2) is 8.42 Å². The first kappa shape index (κ1) is 15.4. The largest absolute Gasteiger partial charge is 0.481 e. The first-order chi connectivity index (χ1) is 9.41. The lowest BCUT2D eigenvalue weighted by molar-refractivity contribution is -0.138. The Balaban J connectivity index is 2.33. The second kappa shape index (κ2) is 6.19. The zero-order chi connectivity index (χ0) is 14.8. The first-order valence-corrected chi connectivity index (χ1v) is 8.49. The predicted molar refractivity (Wildman–Crippen MR) is 75.7 cm³/mol. The van der Waals surface area contributed by atoms with Crippen molar-refractivity contribution in [2.24, 2.45) is 0 Å². The molecule has 8 heteroatoms. The average Bonchev–Trinajstić information content (AvgIpc) is 2.38. The number of hydrogen-bond acceptors (Lipinski definition) is 4. The summed E-state index contributed by atoms with van der Waals surface area (Å²) in [6.45, 7) is 0.354. The number of piperidine rings is 1. The van der Waals surface area contributed by atoms with E-state index in [9.17, 15) is 13.2 Å². The van der Waals surface area contributed by atoms with Crippen molar-refractivity contribution in [2.75, 3.05) is 6.54 Å². The van der Waals surface area contributed by atoms with Crippen molar-refractivity contribution in [3.05, 3.63) is 22.9 Å². The molecule has 1 fully saturated rings. The third-order valence-corrected chi connectivity index (χ3v) is 5.62. The monoisotopic (exact) mass is 362 g/mol. The van der Waals surface area contributed by atoms with Gasteiger partial charge in [-0.3, -0.25) is 9.78 Å². The number of halogens is 1. The highest BCUT2D eigenvalue weighted by atomic mass is 79.9. The summed E-state index contributed by atoms with van der Waals surface area (Å²) in [4.78, 5) is 14.8. The highest BCUT2D eigenvalue weighted by Gasteiger charge is 2.34. The molecule has 1 atom stereocenters. The maximum atomic E-state index is 12.6. The molecule has 1 aliphatic rings. The molecule has 1 aliphatic heterocycles. The molecule has 0 aliphatic carbocycles. The summed E-state index contributed by atoms with van der Waals surface area (Å²) in [6, 6.07) is 1.000. The van der Waals surface area contributed by atoms with Crippen molar-refractivity contribution in [2.45, 2.75) is 36.6 Å². The summed E-state index contributed by atoms with van der Waals surface area (Å²) in [5.41, 5.74) is 0. The van der Waals surface area contributed by atoms with Crippen molar-refractivity contribution in [1.29, 1.82) is 0 Å². The molecule has 1 aromatic heterocycles. The van der Waals surface area contributed by atoms with Crippen LogP contribution in [0.25, 0.3) is 0 Å². The number of carbonyl (C=O) groups is 1. The molecule has 0 radical (unpaired) electrons. The van der Waals surface area contributed by atoms with Gasteiger partial charge in [-0.1, -0.05) is 6.42 Å². The van der Waals surface area contributed by atoms with Crippen LogP contribution in [0.15, 0.2) is 27.8 Å². The van der Waals surface area contributed by atoms with Gasteiger partial charge >= 0.3 is 5.97 Å². The standard InChI is InChI=1S/C12H15BrN2O4S/c13-9-5-11(8-14-7-9)20(18,19)15-4-2-1-3-10(15)6-12(16)17/h5,7-8,10H,1-4,6H2,(H,16,17). The average molecular weight is 363 g/mol. The van der Waals surface area contributed by atoms with E-state index in [2.05, 4.69) is 20.9 Å². The van der Waals surface area contributed by atoms with Crippen LogP contribution in [0.1, 0.15) is 25.7 Å². The minimum absolute atomic E-state index is 0.0872. The van der Waals surface area contributed by atoms with Gasteiger partial charge in [0.25, 0.3) is 0 Å². The van der Waals surface area contributed by atoms with Crippen molar-refractivity contribution in [1.82, 2.24) is 9.29 Å². The molecule has 6 nitrogen and oxygen atoms in total. The fraction of sp³-hybridized carbons (Fsp3) is 0.500. The van der Waals surface area contributed by atoms with Crippen LogP contribution in [0.2, 0.25) is 0 Å². The molecule has 1 aromatic rings.